The van der Waals surface area contributed by atoms with Crippen molar-refractivity contribution in [2.24, 2.45) is 10.2 Å². The fourth-order valence-corrected chi connectivity index (χ4v) is 1.59. The van der Waals surface area contributed by atoms with E-state index in [9.17, 15) is 0 Å². The van der Waals surface area contributed by atoms with Crippen molar-refractivity contribution in [3.8, 4) is 0 Å². The van der Waals surface area contributed by atoms with Gasteiger partial charge in [-0.05, 0) is 0 Å². The Hall–Kier alpha value is -0.416. The molecule has 0 saturated carbocycles. The fourth-order valence-electron chi connectivity index (χ4n) is 0.579. The molecule has 0 amide bonds. The summed E-state index contributed by atoms with van der Waals surface area (Å²) in [6.07, 6.45) is 0. The van der Waals surface area contributed by atoms with Gasteiger partial charge in [0.15, 0.2) is 0 Å². The Morgan fingerprint density at radius 1 is 0.857 bits per heavy atom. The van der Waals surface area contributed by atoms with Crippen molar-refractivity contribution in [2.45, 2.75) is 0 Å². The van der Waals surface area contributed by atoms with Crippen LogP contribution in [0.25, 0.3) is 0 Å². The molecule has 0 aliphatic heterocycles. The molecule has 0 fully saturated rings. The molecule has 2 heterocycles. The van der Waals surface area contributed by atoms with E-state index in [1.807, 2.05) is 0 Å². The number of tetrazole rings is 2. The molecule has 2 aromatic rings. The normalized spacial score (nSPS) is 11.3. The van der Waals surface area contributed by atoms with E-state index in [-0.39, 0.29) is 0 Å². The topological polar surface area (TPSA) is 112 Å². The maximum atomic E-state index is 3.81. The van der Waals surface area contributed by atoms with Crippen LogP contribution < -0.4 is 0 Å². The standard InChI is InChI=1S/C2N10.2Pb/c3(1-5-9-10-6-1)4-2-7-11-12-8-2;;/q-2;2*+1/b4-3+;;. The van der Waals surface area contributed by atoms with Gasteiger partial charge in [-0.1, -0.05) is 0 Å². The molecule has 2 aromatic heterocycles. The van der Waals surface area contributed by atoms with Crippen LogP contribution in [0.5, 0.6) is 0 Å². The molecule has 0 atom stereocenters. The molecule has 0 bridgehead atoms. The van der Waals surface area contributed by atoms with Gasteiger partial charge in [0.1, 0.15) is 0 Å². The summed E-state index contributed by atoms with van der Waals surface area (Å²) in [5, 5.41) is 29.1. The molecule has 12 heteroatoms. The van der Waals surface area contributed by atoms with E-state index < -0.39 is 0 Å². The number of hydrogen-bond acceptors (Lipinski definition) is 8. The summed E-state index contributed by atoms with van der Waals surface area (Å²) in [5.41, 5.74) is 0. The summed E-state index contributed by atoms with van der Waals surface area (Å²) in [6.45, 7) is 0. The van der Waals surface area contributed by atoms with Gasteiger partial charge in [-0.3, -0.25) is 0 Å². The molecule has 0 saturated heterocycles. The van der Waals surface area contributed by atoms with Crippen LogP contribution in [0, 0.1) is 0 Å². The van der Waals surface area contributed by atoms with E-state index in [4.69, 9.17) is 0 Å². The monoisotopic (exact) mass is 580 g/mol. The van der Waals surface area contributed by atoms with Crippen molar-refractivity contribution in [3.63, 3.8) is 0 Å². The number of rotatable bonds is 2. The van der Waals surface area contributed by atoms with Crippen molar-refractivity contribution in [1.29, 1.82) is 0 Å². The Bertz CT molecular complexity index is 412. The minimum atomic E-state index is 0.362. The molecule has 14 heavy (non-hydrogen) atoms. The van der Waals surface area contributed by atoms with Crippen molar-refractivity contribution in [3.05, 3.63) is 0 Å². The van der Waals surface area contributed by atoms with Gasteiger partial charge in [0.05, 0.1) is 0 Å². The zero-order chi connectivity index (χ0) is 9.97. The molecule has 0 unspecified atom stereocenters. The number of azo groups is 1. The third-order valence-electron chi connectivity index (χ3n) is 1.13. The van der Waals surface area contributed by atoms with Crippen LogP contribution in [-0.2, 0) is 0 Å². The van der Waals surface area contributed by atoms with Gasteiger partial charge in [-0.15, -0.1) is 0 Å². The molecule has 0 aliphatic carbocycles. The quantitative estimate of drug-likeness (QED) is 0.300. The molecule has 66 valence electrons. The number of hydrogen-bond donors (Lipinski definition) is 0. The van der Waals surface area contributed by atoms with Gasteiger partial charge >= 0.3 is 110 Å². The Balaban J connectivity index is 2.23. The maximum absolute atomic E-state index is 3.81. The van der Waals surface area contributed by atoms with E-state index in [1.54, 1.807) is 0 Å². The van der Waals surface area contributed by atoms with E-state index >= 15 is 0 Å². The Labute approximate surface area is 109 Å². The Morgan fingerprint density at radius 2 is 1.29 bits per heavy atom. The SMILES string of the molecule is [Pb][n]1nnnc1/N=N/c1nnn[n]1[Pb]. The van der Waals surface area contributed by atoms with Crippen molar-refractivity contribution in [2.75, 3.05) is 0 Å². The minimum absolute atomic E-state index is 0.362. The molecular formula is C2N10Pb2. The summed E-state index contributed by atoms with van der Waals surface area (Å²) in [5.74, 6) is 0.725. The van der Waals surface area contributed by atoms with Crippen LogP contribution in [0.1, 0.15) is 0 Å². The van der Waals surface area contributed by atoms with E-state index in [1.165, 1.54) is 4.98 Å². The van der Waals surface area contributed by atoms with Crippen molar-refractivity contribution in [1.82, 2.24) is 36.0 Å². The first-order valence-electron chi connectivity index (χ1n) is 3.19. The molecular weight excluding hydrogens is 578 g/mol. The third-order valence-corrected chi connectivity index (χ3v) is 3.39. The van der Waals surface area contributed by atoms with E-state index in [2.05, 4.69) is 41.3 Å². The molecule has 0 spiro atoms. The van der Waals surface area contributed by atoms with E-state index in [0.717, 1.165) is 0 Å². The summed E-state index contributed by atoms with van der Waals surface area (Å²) < 4.78 is 3.06. The zero-order valence-corrected chi connectivity index (χ0v) is 14.2. The fraction of sp³-hybridized carbons (Fsp3) is 0. The Kier molecular flexibility index (Phi) is 3.18. The van der Waals surface area contributed by atoms with Crippen molar-refractivity contribution >= 4 is 64.0 Å². The first kappa shape index (κ1) is 10.1. The van der Waals surface area contributed by atoms with Gasteiger partial charge in [-0.25, -0.2) is 0 Å². The predicted molar refractivity (Wildman–Crippen MR) is 42.1 cm³/mol. The second-order valence-corrected chi connectivity index (χ2v) is 5.27. The number of nitrogens with zero attached hydrogens (tertiary/aromatic N) is 10. The molecule has 0 aromatic carbocycles. The van der Waals surface area contributed by atoms with Crippen LogP contribution in [0.3, 0.4) is 0 Å². The van der Waals surface area contributed by atoms with E-state index in [0.29, 0.717) is 64.0 Å². The van der Waals surface area contributed by atoms with Gasteiger partial charge in [0.2, 0.25) is 0 Å². The summed E-state index contributed by atoms with van der Waals surface area (Å²) in [7, 11) is 0. The van der Waals surface area contributed by atoms with Crippen LogP contribution in [0.4, 0.5) is 11.9 Å². The van der Waals surface area contributed by atoms with Gasteiger partial charge in [-0.2, -0.15) is 0 Å². The van der Waals surface area contributed by atoms with Crippen LogP contribution >= 0.6 is 0 Å². The van der Waals surface area contributed by atoms with Gasteiger partial charge in [0.25, 0.3) is 0 Å². The molecule has 0 N–H and O–H groups in total. The average Bonchev–Trinajstić information content (AvgIpc) is 2.72. The van der Waals surface area contributed by atoms with Crippen LogP contribution in [0.2, 0.25) is 0 Å². The molecule has 6 radical (unpaired) electrons. The van der Waals surface area contributed by atoms with Crippen molar-refractivity contribution < 1.29 is 0 Å². The second kappa shape index (κ2) is 4.40. The third kappa shape index (κ3) is 2.15. The first-order valence-corrected chi connectivity index (χ1v) is 6.67. The van der Waals surface area contributed by atoms with Gasteiger partial charge < -0.3 is 0 Å². The molecule has 2 rings (SSSR count). The zero-order valence-electron chi connectivity index (χ0n) is 6.47. The average molecular weight is 578 g/mol. The van der Waals surface area contributed by atoms with Crippen LogP contribution in [-0.4, -0.2) is 88.2 Å². The predicted octanol–water partition coefficient (Wildman–Crippen LogP) is -2.06. The number of aromatic nitrogens is 8. The molecule has 10 nitrogen and oxygen atoms in total. The summed E-state index contributed by atoms with van der Waals surface area (Å²) in [6, 6.07) is 0. The summed E-state index contributed by atoms with van der Waals surface area (Å²) in [4.78, 5) is 0. The van der Waals surface area contributed by atoms with Crippen LogP contribution in [0.15, 0.2) is 10.2 Å². The Morgan fingerprint density at radius 3 is 1.57 bits per heavy atom. The first-order chi connectivity index (χ1) is 6.77. The van der Waals surface area contributed by atoms with Gasteiger partial charge in [0, 0.05) is 0 Å². The second-order valence-electron chi connectivity index (χ2n) is 1.98. The summed E-state index contributed by atoms with van der Waals surface area (Å²) >= 11 is 1.31. The molecule has 0 aliphatic rings.